The molecule has 1 saturated heterocycles. The van der Waals surface area contributed by atoms with E-state index in [1.54, 1.807) is 12.1 Å². The number of aliphatic hydroxyl groups excluding tert-OH is 2. The van der Waals surface area contributed by atoms with Gasteiger partial charge in [-0.05, 0) is 44.4 Å². The molecule has 7 heteroatoms. The Morgan fingerprint density at radius 1 is 1.30 bits per heavy atom. The van der Waals surface area contributed by atoms with Crippen molar-refractivity contribution in [3.8, 4) is 0 Å². The van der Waals surface area contributed by atoms with Gasteiger partial charge in [-0.2, -0.15) is 0 Å². The fourth-order valence-corrected chi connectivity index (χ4v) is 3.56. The van der Waals surface area contributed by atoms with Gasteiger partial charge in [0.25, 0.3) is 0 Å². The van der Waals surface area contributed by atoms with Crippen LogP contribution in [0.4, 0.5) is 0 Å². The number of fused-ring (bicyclic) bond motifs is 1. The Hall–Kier alpha value is -0.850. The summed E-state index contributed by atoms with van der Waals surface area (Å²) in [6.45, 7) is 1.55. The number of halogens is 2. The highest BCUT2D eigenvalue weighted by molar-refractivity contribution is 6.42. The molecule has 0 aliphatic carbocycles. The Labute approximate surface area is 145 Å². The summed E-state index contributed by atoms with van der Waals surface area (Å²) in [6.07, 6.45) is 3.38. The first kappa shape index (κ1) is 17.0. The van der Waals surface area contributed by atoms with Crippen molar-refractivity contribution in [2.75, 3.05) is 6.54 Å². The monoisotopic (exact) mass is 357 g/mol. The molecule has 0 amide bonds. The van der Waals surface area contributed by atoms with E-state index in [4.69, 9.17) is 23.2 Å². The van der Waals surface area contributed by atoms with Crippen LogP contribution in [0.5, 0.6) is 0 Å². The van der Waals surface area contributed by atoms with Crippen molar-refractivity contribution >= 4 is 34.2 Å². The van der Waals surface area contributed by atoms with Crippen LogP contribution in [-0.2, 0) is 13.2 Å². The van der Waals surface area contributed by atoms with Gasteiger partial charge < -0.3 is 20.1 Å². The van der Waals surface area contributed by atoms with Gasteiger partial charge in [0.15, 0.2) is 0 Å². The molecular formula is C16H21Cl2N3O2. The topological polar surface area (TPSA) is 70.3 Å². The van der Waals surface area contributed by atoms with Crippen LogP contribution in [0, 0.1) is 0 Å². The lowest BCUT2D eigenvalue weighted by atomic mass is 9.97. The van der Waals surface area contributed by atoms with Crippen LogP contribution in [0.15, 0.2) is 12.1 Å². The second-order valence-electron chi connectivity index (χ2n) is 6.01. The van der Waals surface area contributed by atoms with Gasteiger partial charge in [-0.3, -0.25) is 0 Å². The summed E-state index contributed by atoms with van der Waals surface area (Å²) in [5.41, 5.74) is 1.61. The highest BCUT2D eigenvalue weighted by Crippen LogP contribution is 2.28. The highest BCUT2D eigenvalue weighted by Gasteiger charge is 2.22. The van der Waals surface area contributed by atoms with Crippen LogP contribution in [-0.4, -0.2) is 38.5 Å². The first-order chi connectivity index (χ1) is 11.1. The van der Waals surface area contributed by atoms with Gasteiger partial charge in [0.1, 0.15) is 12.4 Å². The molecule has 1 fully saturated rings. The van der Waals surface area contributed by atoms with E-state index in [0.717, 1.165) is 49.8 Å². The van der Waals surface area contributed by atoms with Crippen molar-refractivity contribution in [3.05, 3.63) is 28.0 Å². The van der Waals surface area contributed by atoms with E-state index in [-0.39, 0.29) is 18.8 Å². The van der Waals surface area contributed by atoms with Crippen LogP contribution < -0.4 is 5.32 Å². The zero-order valence-corrected chi connectivity index (χ0v) is 14.3. The van der Waals surface area contributed by atoms with E-state index < -0.39 is 0 Å². The van der Waals surface area contributed by atoms with E-state index in [9.17, 15) is 10.2 Å². The van der Waals surface area contributed by atoms with Crippen LogP contribution in [0.1, 0.15) is 31.5 Å². The number of aliphatic hydroxyl groups is 2. The highest BCUT2D eigenvalue weighted by atomic mass is 35.5. The lowest BCUT2D eigenvalue weighted by Crippen LogP contribution is -2.44. The molecule has 3 rings (SSSR count). The molecule has 2 heterocycles. The predicted octanol–water partition coefficient (Wildman–Crippen LogP) is 2.73. The molecule has 1 aliphatic heterocycles. The fraction of sp³-hybridized carbons (Fsp3) is 0.562. The standard InChI is InChI=1S/C16H21Cl2N3O2/c17-10-7-13-14(8-11(10)18)21(16(9-22)20-13)6-2-3-12-15(23)4-1-5-19-12/h7-8,12,15,19,22-23H,1-6,9H2. The minimum absolute atomic E-state index is 0.131. The predicted molar refractivity (Wildman–Crippen MR) is 91.9 cm³/mol. The maximum Gasteiger partial charge on any atom is 0.135 e. The Morgan fingerprint density at radius 3 is 2.83 bits per heavy atom. The van der Waals surface area contributed by atoms with Crippen molar-refractivity contribution in [3.63, 3.8) is 0 Å². The van der Waals surface area contributed by atoms with Crippen molar-refractivity contribution < 1.29 is 10.2 Å². The lowest BCUT2D eigenvalue weighted by molar-refractivity contribution is 0.0908. The number of benzene rings is 1. The van der Waals surface area contributed by atoms with Crippen LogP contribution in [0.2, 0.25) is 10.0 Å². The van der Waals surface area contributed by atoms with Crippen molar-refractivity contribution in [1.82, 2.24) is 14.9 Å². The van der Waals surface area contributed by atoms with Crippen LogP contribution in [0.25, 0.3) is 11.0 Å². The van der Waals surface area contributed by atoms with Gasteiger partial charge in [-0.1, -0.05) is 23.2 Å². The number of nitrogens with zero attached hydrogens (tertiary/aromatic N) is 2. The third kappa shape index (κ3) is 3.64. The average molecular weight is 358 g/mol. The minimum Gasteiger partial charge on any atom is -0.392 e. The fourth-order valence-electron chi connectivity index (χ4n) is 3.24. The molecule has 0 saturated carbocycles. The molecule has 0 radical (unpaired) electrons. The minimum atomic E-state index is -0.270. The number of imidazole rings is 1. The molecule has 1 aromatic carbocycles. The summed E-state index contributed by atoms with van der Waals surface area (Å²) >= 11 is 12.1. The summed E-state index contributed by atoms with van der Waals surface area (Å²) in [5, 5.41) is 23.9. The molecule has 0 spiro atoms. The maximum atomic E-state index is 10.0. The normalized spacial score (nSPS) is 21.9. The summed E-state index contributed by atoms with van der Waals surface area (Å²) in [7, 11) is 0. The van der Waals surface area contributed by atoms with E-state index in [2.05, 4.69) is 10.3 Å². The molecule has 2 atom stereocenters. The number of nitrogens with one attached hydrogen (secondary N) is 1. The van der Waals surface area contributed by atoms with Gasteiger partial charge in [-0.25, -0.2) is 4.98 Å². The number of aryl methyl sites for hydroxylation is 1. The van der Waals surface area contributed by atoms with Crippen LogP contribution in [0.3, 0.4) is 0 Å². The van der Waals surface area contributed by atoms with Gasteiger partial charge in [-0.15, -0.1) is 0 Å². The molecule has 2 unspecified atom stereocenters. The zero-order valence-electron chi connectivity index (χ0n) is 12.8. The average Bonchev–Trinajstić information content (AvgIpc) is 2.87. The lowest BCUT2D eigenvalue weighted by Gasteiger charge is -2.29. The third-order valence-corrected chi connectivity index (χ3v) is 5.18. The van der Waals surface area contributed by atoms with Gasteiger partial charge in [0.2, 0.25) is 0 Å². The van der Waals surface area contributed by atoms with Gasteiger partial charge in [0.05, 0.1) is 27.2 Å². The Balaban J connectivity index is 1.75. The molecule has 3 N–H and O–H groups in total. The number of hydrogen-bond acceptors (Lipinski definition) is 4. The number of hydrogen-bond donors (Lipinski definition) is 3. The summed E-state index contributed by atoms with van der Waals surface area (Å²) < 4.78 is 1.98. The van der Waals surface area contributed by atoms with E-state index in [1.165, 1.54) is 0 Å². The van der Waals surface area contributed by atoms with E-state index >= 15 is 0 Å². The first-order valence-corrected chi connectivity index (χ1v) is 8.72. The van der Waals surface area contributed by atoms with E-state index in [1.807, 2.05) is 4.57 Å². The molecule has 126 valence electrons. The van der Waals surface area contributed by atoms with Gasteiger partial charge >= 0.3 is 0 Å². The molecule has 2 aromatic rings. The SMILES string of the molecule is OCc1nc2cc(Cl)c(Cl)cc2n1CCCC1NCCCC1O. The third-order valence-electron chi connectivity index (χ3n) is 4.46. The molecule has 23 heavy (non-hydrogen) atoms. The molecule has 0 bridgehead atoms. The quantitative estimate of drug-likeness (QED) is 0.769. The molecule has 1 aliphatic rings. The number of piperidine rings is 1. The smallest absolute Gasteiger partial charge is 0.135 e. The van der Waals surface area contributed by atoms with Crippen molar-refractivity contribution in [2.45, 2.75) is 51.0 Å². The Kier molecular flexibility index (Phi) is 5.44. The molecular weight excluding hydrogens is 337 g/mol. The summed E-state index contributed by atoms with van der Waals surface area (Å²) in [4.78, 5) is 4.42. The van der Waals surface area contributed by atoms with Crippen LogP contribution >= 0.6 is 23.2 Å². The first-order valence-electron chi connectivity index (χ1n) is 7.96. The van der Waals surface area contributed by atoms with E-state index in [0.29, 0.717) is 15.9 Å². The zero-order chi connectivity index (χ0) is 16.4. The van der Waals surface area contributed by atoms with Gasteiger partial charge in [0, 0.05) is 12.6 Å². The number of aromatic nitrogens is 2. The summed E-state index contributed by atoms with van der Waals surface area (Å²) in [5.74, 6) is 0.607. The second-order valence-corrected chi connectivity index (χ2v) is 6.82. The van der Waals surface area contributed by atoms with Crippen molar-refractivity contribution in [1.29, 1.82) is 0 Å². The number of rotatable bonds is 5. The Bertz CT molecular complexity index is 690. The molecule has 1 aromatic heterocycles. The molecule has 5 nitrogen and oxygen atoms in total. The second kappa shape index (κ2) is 7.36. The largest absolute Gasteiger partial charge is 0.392 e. The summed E-state index contributed by atoms with van der Waals surface area (Å²) in [6, 6.07) is 3.66. The van der Waals surface area contributed by atoms with Crippen molar-refractivity contribution in [2.24, 2.45) is 0 Å². The maximum absolute atomic E-state index is 10.0. The Morgan fingerprint density at radius 2 is 2.09 bits per heavy atom.